The number of benzene rings is 1. The summed E-state index contributed by atoms with van der Waals surface area (Å²) < 4.78 is 15.8. The Balaban J connectivity index is 1.85. The lowest BCUT2D eigenvalue weighted by atomic mass is 10.3. The molecule has 7 heteroatoms. The topological polar surface area (TPSA) is 90.8 Å². The zero-order valence-electron chi connectivity index (χ0n) is 9.57. The Morgan fingerprint density at radius 2 is 2.11 bits per heavy atom. The number of carboxylic acids is 1. The van der Waals surface area contributed by atoms with Crippen molar-refractivity contribution in [2.24, 2.45) is 0 Å². The molecule has 0 radical (unpaired) electrons. The van der Waals surface area contributed by atoms with Crippen LogP contribution in [0.2, 0.25) is 0 Å². The summed E-state index contributed by atoms with van der Waals surface area (Å²) in [6.07, 6.45) is 2.48. The molecule has 3 rings (SSSR count). The molecule has 2 heterocycles. The van der Waals surface area contributed by atoms with Crippen LogP contribution in [0.3, 0.4) is 0 Å². The highest BCUT2D eigenvalue weighted by Crippen LogP contribution is 2.36. The summed E-state index contributed by atoms with van der Waals surface area (Å²) in [5.41, 5.74) is -0.182. The van der Waals surface area contributed by atoms with Crippen molar-refractivity contribution in [1.29, 1.82) is 0 Å². The van der Waals surface area contributed by atoms with E-state index >= 15 is 0 Å². The highest BCUT2D eigenvalue weighted by Gasteiger charge is 2.14. The second kappa shape index (κ2) is 4.45. The van der Waals surface area contributed by atoms with Crippen molar-refractivity contribution in [3.05, 3.63) is 36.3 Å². The van der Waals surface area contributed by atoms with E-state index in [1.165, 1.54) is 6.20 Å². The predicted octanol–water partition coefficient (Wildman–Crippen LogP) is 1.70. The average molecular weight is 260 g/mol. The number of aromatic nitrogens is 2. The van der Waals surface area contributed by atoms with Crippen molar-refractivity contribution in [3.63, 3.8) is 0 Å². The molecule has 7 nitrogen and oxygen atoms in total. The molecule has 1 aliphatic rings. The summed E-state index contributed by atoms with van der Waals surface area (Å²) in [5.74, 6) is 0.598. The molecule has 19 heavy (non-hydrogen) atoms. The van der Waals surface area contributed by atoms with E-state index in [-0.39, 0.29) is 18.4 Å². The van der Waals surface area contributed by atoms with Crippen molar-refractivity contribution >= 4 is 5.97 Å². The lowest BCUT2D eigenvalue weighted by Gasteiger charge is -2.05. The van der Waals surface area contributed by atoms with Gasteiger partial charge >= 0.3 is 5.97 Å². The van der Waals surface area contributed by atoms with E-state index in [2.05, 4.69) is 9.97 Å². The summed E-state index contributed by atoms with van der Waals surface area (Å²) >= 11 is 0. The maximum Gasteiger partial charge on any atom is 0.356 e. The number of fused-ring (bicyclic) bond motifs is 1. The number of aromatic carboxylic acids is 1. The molecule has 0 unspecified atom stereocenters. The van der Waals surface area contributed by atoms with E-state index in [0.717, 1.165) is 6.20 Å². The molecular formula is C12H8N2O5. The normalized spacial score (nSPS) is 12.2. The molecular weight excluding hydrogens is 252 g/mol. The van der Waals surface area contributed by atoms with Crippen molar-refractivity contribution in [1.82, 2.24) is 9.97 Å². The standard InChI is InChI=1S/C12H8N2O5/c15-12(16)8-4-13-5-11(14-8)19-7-1-2-9-10(3-7)18-6-17-9/h1-5H,6H2,(H,15,16). The fourth-order valence-electron chi connectivity index (χ4n) is 1.56. The summed E-state index contributed by atoms with van der Waals surface area (Å²) in [5, 5.41) is 8.81. The van der Waals surface area contributed by atoms with Gasteiger partial charge in [-0.1, -0.05) is 0 Å². The van der Waals surface area contributed by atoms with Crippen LogP contribution in [-0.2, 0) is 0 Å². The molecule has 0 aliphatic carbocycles. The molecule has 96 valence electrons. The quantitative estimate of drug-likeness (QED) is 0.897. The number of hydrogen-bond donors (Lipinski definition) is 1. The van der Waals surface area contributed by atoms with Crippen LogP contribution in [0.1, 0.15) is 10.5 Å². The summed E-state index contributed by atoms with van der Waals surface area (Å²) in [6, 6.07) is 5.01. The molecule has 0 spiro atoms. The Hall–Kier alpha value is -2.83. The second-order valence-electron chi connectivity index (χ2n) is 3.66. The van der Waals surface area contributed by atoms with Crippen LogP contribution in [-0.4, -0.2) is 27.8 Å². The first-order valence-corrected chi connectivity index (χ1v) is 5.35. The first kappa shape index (κ1) is 11.3. The molecule has 0 saturated carbocycles. The van der Waals surface area contributed by atoms with Gasteiger partial charge in [0.05, 0.1) is 12.4 Å². The summed E-state index contributed by atoms with van der Waals surface area (Å²) in [7, 11) is 0. The van der Waals surface area contributed by atoms with Crippen molar-refractivity contribution < 1.29 is 24.1 Å². The first-order chi connectivity index (χ1) is 9.22. The van der Waals surface area contributed by atoms with Crippen molar-refractivity contribution in [2.75, 3.05) is 6.79 Å². The molecule has 0 atom stereocenters. The largest absolute Gasteiger partial charge is 0.476 e. The number of hydrogen-bond acceptors (Lipinski definition) is 6. The molecule has 1 aromatic heterocycles. The van der Waals surface area contributed by atoms with Crippen LogP contribution in [0.4, 0.5) is 0 Å². The summed E-state index contributed by atoms with van der Waals surface area (Å²) in [4.78, 5) is 18.3. The Kier molecular flexibility index (Phi) is 2.64. The molecule has 0 bridgehead atoms. The van der Waals surface area contributed by atoms with Crippen LogP contribution >= 0.6 is 0 Å². The Bertz CT molecular complexity index is 644. The molecule has 1 N–H and O–H groups in total. The zero-order chi connectivity index (χ0) is 13.2. The van der Waals surface area contributed by atoms with E-state index in [9.17, 15) is 4.79 Å². The first-order valence-electron chi connectivity index (χ1n) is 5.35. The Labute approximate surface area is 107 Å². The van der Waals surface area contributed by atoms with Crippen LogP contribution in [0, 0.1) is 0 Å². The van der Waals surface area contributed by atoms with Gasteiger partial charge in [0.15, 0.2) is 17.2 Å². The molecule has 0 saturated heterocycles. The number of carbonyl (C=O) groups is 1. The minimum atomic E-state index is -1.16. The van der Waals surface area contributed by atoms with Gasteiger partial charge in [0.1, 0.15) is 5.75 Å². The molecule has 0 amide bonds. The van der Waals surface area contributed by atoms with Gasteiger partial charge in [0.2, 0.25) is 12.7 Å². The van der Waals surface area contributed by atoms with Crippen molar-refractivity contribution in [3.8, 4) is 23.1 Å². The minimum Gasteiger partial charge on any atom is -0.476 e. The van der Waals surface area contributed by atoms with Gasteiger partial charge in [0, 0.05) is 6.07 Å². The maximum atomic E-state index is 10.8. The van der Waals surface area contributed by atoms with E-state index in [4.69, 9.17) is 19.3 Å². The van der Waals surface area contributed by atoms with Crippen LogP contribution in [0.15, 0.2) is 30.6 Å². The van der Waals surface area contributed by atoms with Gasteiger partial charge < -0.3 is 19.3 Å². The minimum absolute atomic E-state index is 0.0961. The van der Waals surface area contributed by atoms with E-state index in [0.29, 0.717) is 17.2 Å². The highest BCUT2D eigenvalue weighted by molar-refractivity contribution is 5.84. The summed E-state index contributed by atoms with van der Waals surface area (Å²) in [6.45, 7) is 0.174. The van der Waals surface area contributed by atoms with Gasteiger partial charge in [-0.3, -0.25) is 4.98 Å². The number of carboxylic acid groups (broad SMARTS) is 1. The third-order valence-electron chi connectivity index (χ3n) is 2.40. The number of nitrogens with zero attached hydrogens (tertiary/aromatic N) is 2. The molecule has 1 aromatic carbocycles. The fourth-order valence-corrected chi connectivity index (χ4v) is 1.56. The average Bonchev–Trinajstić information content (AvgIpc) is 2.86. The lowest BCUT2D eigenvalue weighted by Crippen LogP contribution is -2.02. The van der Waals surface area contributed by atoms with Gasteiger partial charge in [-0.05, 0) is 12.1 Å². The van der Waals surface area contributed by atoms with Crippen LogP contribution < -0.4 is 14.2 Å². The van der Waals surface area contributed by atoms with Gasteiger partial charge in [-0.25, -0.2) is 9.78 Å². The van der Waals surface area contributed by atoms with Gasteiger partial charge in [0.25, 0.3) is 0 Å². The smallest absolute Gasteiger partial charge is 0.356 e. The van der Waals surface area contributed by atoms with E-state index in [1.807, 2.05) is 0 Å². The maximum absolute atomic E-state index is 10.8. The van der Waals surface area contributed by atoms with Gasteiger partial charge in [-0.2, -0.15) is 0 Å². The fraction of sp³-hybridized carbons (Fsp3) is 0.0833. The second-order valence-corrected chi connectivity index (χ2v) is 3.66. The number of ether oxygens (including phenoxy) is 3. The van der Waals surface area contributed by atoms with Crippen LogP contribution in [0.25, 0.3) is 0 Å². The predicted molar refractivity (Wildman–Crippen MR) is 61.6 cm³/mol. The Morgan fingerprint density at radius 3 is 2.95 bits per heavy atom. The Morgan fingerprint density at radius 1 is 1.26 bits per heavy atom. The number of rotatable bonds is 3. The molecule has 2 aromatic rings. The third kappa shape index (κ3) is 2.25. The lowest BCUT2D eigenvalue weighted by molar-refractivity contribution is 0.0689. The zero-order valence-corrected chi connectivity index (χ0v) is 9.57. The van der Waals surface area contributed by atoms with Crippen LogP contribution in [0.5, 0.6) is 23.1 Å². The van der Waals surface area contributed by atoms with Gasteiger partial charge in [-0.15, -0.1) is 0 Å². The molecule has 0 fully saturated rings. The SMILES string of the molecule is O=C(O)c1cncc(Oc2ccc3c(c2)OCO3)n1. The highest BCUT2D eigenvalue weighted by atomic mass is 16.7. The van der Waals surface area contributed by atoms with E-state index < -0.39 is 5.97 Å². The van der Waals surface area contributed by atoms with Crippen molar-refractivity contribution in [2.45, 2.75) is 0 Å². The van der Waals surface area contributed by atoms with E-state index in [1.54, 1.807) is 18.2 Å². The molecule has 1 aliphatic heterocycles. The monoisotopic (exact) mass is 260 g/mol. The third-order valence-corrected chi connectivity index (χ3v) is 2.40.